The minimum atomic E-state index is -0.434. The summed E-state index contributed by atoms with van der Waals surface area (Å²) in [5.41, 5.74) is 6.09. The first-order chi connectivity index (χ1) is 8.34. The molecular formula is C13H18ClNO3. The van der Waals surface area contributed by atoms with Crippen LogP contribution in [0.25, 0.3) is 0 Å². The minimum Gasteiger partial charge on any atom is -0.462 e. The number of nitrogen functional groups attached to an aromatic ring is 1. The van der Waals surface area contributed by atoms with Crippen molar-refractivity contribution in [3.8, 4) is 0 Å². The zero-order valence-corrected chi connectivity index (χ0v) is 11.6. The predicted octanol–water partition coefficient (Wildman–Crippen LogP) is 2.89. The van der Waals surface area contributed by atoms with Gasteiger partial charge in [0.1, 0.15) is 0 Å². The van der Waals surface area contributed by atoms with Gasteiger partial charge in [-0.05, 0) is 32.0 Å². The molecule has 0 unspecified atom stereocenters. The average Bonchev–Trinajstić information content (AvgIpc) is 2.27. The highest BCUT2D eigenvalue weighted by molar-refractivity contribution is 6.31. The third kappa shape index (κ3) is 4.55. The van der Waals surface area contributed by atoms with Crippen molar-refractivity contribution in [2.24, 2.45) is 0 Å². The van der Waals surface area contributed by atoms with Gasteiger partial charge in [-0.2, -0.15) is 0 Å². The van der Waals surface area contributed by atoms with E-state index in [2.05, 4.69) is 0 Å². The van der Waals surface area contributed by atoms with Crippen molar-refractivity contribution in [2.75, 3.05) is 19.5 Å². The van der Waals surface area contributed by atoms with Gasteiger partial charge in [0.25, 0.3) is 0 Å². The highest BCUT2D eigenvalue weighted by Crippen LogP contribution is 2.18. The van der Waals surface area contributed by atoms with Crippen molar-refractivity contribution in [2.45, 2.75) is 25.9 Å². The number of nitrogens with two attached hydrogens (primary N) is 1. The molecule has 0 radical (unpaired) electrons. The Morgan fingerprint density at radius 2 is 2.06 bits per heavy atom. The van der Waals surface area contributed by atoms with E-state index in [0.29, 0.717) is 22.7 Å². The molecule has 0 aliphatic carbocycles. The number of ether oxygens (including phenoxy) is 2. The molecule has 100 valence electrons. The van der Waals surface area contributed by atoms with Crippen LogP contribution in [0.5, 0.6) is 0 Å². The first kappa shape index (κ1) is 14.8. The number of carbonyl (C=O) groups is 1. The quantitative estimate of drug-likeness (QED) is 0.661. The molecule has 18 heavy (non-hydrogen) atoms. The normalized spacial score (nSPS) is 11.3. The number of methoxy groups -OCH3 is 1. The van der Waals surface area contributed by atoms with Crippen molar-refractivity contribution in [3.63, 3.8) is 0 Å². The van der Waals surface area contributed by atoms with Crippen LogP contribution in [0.1, 0.15) is 30.6 Å². The largest absolute Gasteiger partial charge is 0.462 e. The van der Waals surface area contributed by atoms with E-state index >= 15 is 0 Å². The molecule has 0 spiro atoms. The van der Waals surface area contributed by atoms with E-state index in [4.69, 9.17) is 26.8 Å². The molecule has 0 saturated heterocycles. The van der Waals surface area contributed by atoms with Crippen LogP contribution in [0.4, 0.5) is 5.69 Å². The highest BCUT2D eigenvalue weighted by Gasteiger charge is 2.17. The molecule has 4 nitrogen and oxygen atoms in total. The van der Waals surface area contributed by atoms with Crippen LogP contribution < -0.4 is 5.73 Å². The zero-order valence-electron chi connectivity index (χ0n) is 10.8. The minimum absolute atomic E-state index is 0.284. The van der Waals surface area contributed by atoms with Gasteiger partial charge in [0.2, 0.25) is 0 Å². The Labute approximate surface area is 112 Å². The number of carbonyl (C=O) groups excluding carboxylic acids is 1. The Morgan fingerprint density at radius 3 is 2.61 bits per heavy atom. The summed E-state index contributed by atoms with van der Waals surface area (Å²) < 4.78 is 10.4. The molecule has 1 aromatic rings. The molecule has 0 amide bonds. The highest BCUT2D eigenvalue weighted by atomic mass is 35.5. The molecule has 0 saturated carbocycles. The smallest absolute Gasteiger partial charge is 0.338 e. The molecular weight excluding hydrogens is 254 g/mol. The fourth-order valence-electron chi connectivity index (χ4n) is 1.31. The van der Waals surface area contributed by atoms with Crippen LogP contribution in [0.2, 0.25) is 5.02 Å². The summed E-state index contributed by atoms with van der Waals surface area (Å²) in [5, 5.41) is 0.416. The van der Waals surface area contributed by atoms with Gasteiger partial charge < -0.3 is 15.2 Å². The molecule has 0 fully saturated rings. The zero-order chi connectivity index (χ0) is 13.8. The Balaban J connectivity index is 2.56. The number of anilines is 1. The molecule has 0 atom stereocenters. The van der Waals surface area contributed by atoms with Crippen molar-refractivity contribution in [1.82, 2.24) is 0 Å². The second-order valence-electron chi connectivity index (χ2n) is 4.62. The van der Waals surface area contributed by atoms with E-state index < -0.39 is 5.97 Å². The van der Waals surface area contributed by atoms with E-state index in [-0.39, 0.29) is 12.2 Å². The molecule has 1 rings (SSSR count). The van der Waals surface area contributed by atoms with Crippen molar-refractivity contribution in [1.29, 1.82) is 0 Å². The van der Waals surface area contributed by atoms with Crippen LogP contribution >= 0.6 is 11.6 Å². The molecule has 5 heteroatoms. The summed E-state index contributed by atoms with van der Waals surface area (Å²) in [4.78, 5) is 11.7. The van der Waals surface area contributed by atoms with Gasteiger partial charge in [0.15, 0.2) is 0 Å². The average molecular weight is 272 g/mol. The van der Waals surface area contributed by atoms with Gasteiger partial charge in [-0.3, -0.25) is 0 Å². The number of hydrogen-bond acceptors (Lipinski definition) is 4. The lowest BCUT2D eigenvalue weighted by atomic mass is 10.1. The maximum atomic E-state index is 11.7. The number of hydrogen-bond donors (Lipinski definition) is 1. The standard InChI is InChI=1S/C13H18ClNO3/c1-13(2,17-3)4-5-18-12(16)9-6-10(14)8-11(15)7-9/h6-8H,4-5,15H2,1-3H3. The molecule has 0 aliphatic heterocycles. The predicted molar refractivity (Wildman–Crippen MR) is 71.9 cm³/mol. The van der Waals surface area contributed by atoms with Crippen LogP contribution in [0, 0.1) is 0 Å². The van der Waals surface area contributed by atoms with E-state index in [1.54, 1.807) is 13.2 Å². The van der Waals surface area contributed by atoms with Gasteiger partial charge in [-0.25, -0.2) is 4.79 Å². The first-order valence-corrected chi connectivity index (χ1v) is 6.00. The van der Waals surface area contributed by atoms with Gasteiger partial charge >= 0.3 is 5.97 Å². The summed E-state index contributed by atoms with van der Waals surface area (Å²) in [6, 6.07) is 4.64. The van der Waals surface area contributed by atoms with Crippen LogP contribution in [-0.2, 0) is 9.47 Å². The topological polar surface area (TPSA) is 61.5 Å². The Morgan fingerprint density at radius 1 is 1.39 bits per heavy atom. The van der Waals surface area contributed by atoms with Crippen molar-refractivity contribution in [3.05, 3.63) is 28.8 Å². The lowest BCUT2D eigenvalue weighted by Crippen LogP contribution is -2.25. The van der Waals surface area contributed by atoms with E-state index in [9.17, 15) is 4.79 Å². The lowest BCUT2D eigenvalue weighted by Gasteiger charge is -2.22. The van der Waals surface area contributed by atoms with Crippen LogP contribution in [0.3, 0.4) is 0 Å². The molecule has 0 aromatic heterocycles. The monoisotopic (exact) mass is 271 g/mol. The van der Waals surface area contributed by atoms with E-state index in [1.165, 1.54) is 12.1 Å². The number of benzene rings is 1. The SMILES string of the molecule is COC(C)(C)CCOC(=O)c1cc(N)cc(Cl)c1. The fraction of sp³-hybridized carbons (Fsp3) is 0.462. The summed E-state index contributed by atoms with van der Waals surface area (Å²) in [5.74, 6) is -0.434. The second-order valence-corrected chi connectivity index (χ2v) is 5.06. The van der Waals surface area contributed by atoms with E-state index in [1.807, 2.05) is 13.8 Å². The molecule has 2 N–H and O–H groups in total. The lowest BCUT2D eigenvalue weighted by molar-refractivity contribution is -0.00563. The second kappa shape index (κ2) is 6.07. The third-order valence-corrected chi connectivity index (χ3v) is 2.86. The first-order valence-electron chi connectivity index (χ1n) is 5.62. The summed E-state index contributed by atoms with van der Waals surface area (Å²) in [6.45, 7) is 4.14. The number of halogens is 1. The number of rotatable bonds is 5. The Kier molecular flexibility index (Phi) is 4.99. The van der Waals surface area contributed by atoms with Gasteiger partial charge in [0, 0.05) is 24.2 Å². The van der Waals surface area contributed by atoms with Crippen LogP contribution in [0.15, 0.2) is 18.2 Å². The summed E-state index contributed by atoms with van der Waals surface area (Å²) in [6.07, 6.45) is 0.616. The Bertz CT molecular complexity index is 412. The van der Waals surface area contributed by atoms with E-state index in [0.717, 1.165) is 0 Å². The van der Waals surface area contributed by atoms with Crippen molar-refractivity contribution < 1.29 is 14.3 Å². The van der Waals surface area contributed by atoms with Crippen molar-refractivity contribution >= 4 is 23.3 Å². The Hall–Kier alpha value is -1.26. The van der Waals surface area contributed by atoms with Gasteiger partial charge in [-0.1, -0.05) is 11.6 Å². The maximum Gasteiger partial charge on any atom is 0.338 e. The molecule has 1 aromatic carbocycles. The molecule has 0 heterocycles. The summed E-state index contributed by atoms with van der Waals surface area (Å²) in [7, 11) is 1.62. The molecule has 0 aliphatic rings. The third-order valence-electron chi connectivity index (χ3n) is 2.65. The maximum absolute atomic E-state index is 11.7. The van der Waals surface area contributed by atoms with Gasteiger partial charge in [0.05, 0.1) is 17.8 Å². The van der Waals surface area contributed by atoms with Crippen LogP contribution in [-0.4, -0.2) is 25.3 Å². The fourth-order valence-corrected chi connectivity index (χ4v) is 1.55. The number of esters is 1. The summed E-state index contributed by atoms with van der Waals surface area (Å²) >= 11 is 5.82. The molecule has 0 bridgehead atoms. The van der Waals surface area contributed by atoms with Gasteiger partial charge in [-0.15, -0.1) is 0 Å².